The Morgan fingerprint density at radius 1 is 1.39 bits per heavy atom. The monoisotopic (exact) mass is 313 g/mol. The number of aromatic nitrogens is 2. The first-order chi connectivity index (χ1) is 8.74. The van der Waals surface area contributed by atoms with Gasteiger partial charge in [0.1, 0.15) is 0 Å². The summed E-state index contributed by atoms with van der Waals surface area (Å²) in [4.78, 5) is 0. The molecule has 0 spiro atoms. The maximum atomic E-state index is 4.39. The van der Waals surface area contributed by atoms with Crippen molar-refractivity contribution in [3.63, 3.8) is 0 Å². The summed E-state index contributed by atoms with van der Waals surface area (Å²) in [6.45, 7) is 4.39. The minimum Gasteiger partial charge on any atom is -0.317 e. The SMILES string of the molecule is CCNCC1CCCCCC1c1c(Br)cnn1C. The molecule has 1 aromatic heterocycles. The lowest BCUT2D eigenvalue weighted by molar-refractivity contribution is 0.363. The van der Waals surface area contributed by atoms with Gasteiger partial charge in [0.2, 0.25) is 0 Å². The first-order valence-corrected chi connectivity index (χ1v) is 7.91. The van der Waals surface area contributed by atoms with Gasteiger partial charge in [-0.15, -0.1) is 0 Å². The van der Waals surface area contributed by atoms with Crippen molar-refractivity contribution in [1.29, 1.82) is 0 Å². The van der Waals surface area contributed by atoms with Crippen LogP contribution in [0.2, 0.25) is 0 Å². The normalized spacial score (nSPS) is 25.1. The molecule has 0 aromatic carbocycles. The van der Waals surface area contributed by atoms with E-state index >= 15 is 0 Å². The van der Waals surface area contributed by atoms with Crippen LogP contribution in [-0.2, 0) is 7.05 Å². The molecule has 1 saturated carbocycles. The molecule has 18 heavy (non-hydrogen) atoms. The molecule has 0 aliphatic heterocycles. The number of aryl methyl sites for hydroxylation is 1. The summed E-state index contributed by atoms with van der Waals surface area (Å²) in [5.74, 6) is 1.40. The fraction of sp³-hybridized carbons (Fsp3) is 0.786. The highest BCUT2D eigenvalue weighted by Crippen LogP contribution is 2.38. The van der Waals surface area contributed by atoms with E-state index in [9.17, 15) is 0 Å². The molecule has 4 heteroatoms. The van der Waals surface area contributed by atoms with Crippen LogP contribution in [0.4, 0.5) is 0 Å². The van der Waals surface area contributed by atoms with E-state index in [1.54, 1.807) is 0 Å². The standard InChI is InChI=1S/C14H24BrN3/c1-3-16-9-11-7-5-4-6-8-12(11)14-13(15)10-17-18(14)2/h10-12,16H,3-9H2,1-2H3. The summed E-state index contributed by atoms with van der Waals surface area (Å²) in [6, 6.07) is 0. The fourth-order valence-electron chi connectivity index (χ4n) is 3.16. The summed E-state index contributed by atoms with van der Waals surface area (Å²) in [5.41, 5.74) is 1.39. The Morgan fingerprint density at radius 2 is 2.17 bits per heavy atom. The van der Waals surface area contributed by atoms with E-state index in [4.69, 9.17) is 0 Å². The Morgan fingerprint density at radius 3 is 2.83 bits per heavy atom. The van der Waals surface area contributed by atoms with Gasteiger partial charge in [-0.2, -0.15) is 5.10 Å². The lowest BCUT2D eigenvalue weighted by Gasteiger charge is -2.26. The highest BCUT2D eigenvalue weighted by molar-refractivity contribution is 9.10. The first kappa shape index (κ1) is 14.1. The zero-order valence-corrected chi connectivity index (χ0v) is 13.0. The lowest BCUT2D eigenvalue weighted by atomic mass is 9.85. The van der Waals surface area contributed by atoms with Crippen LogP contribution in [0.3, 0.4) is 0 Å². The molecule has 3 nitrogen and oxygen atoms in total. The van der Waals surface area contributed by atoms with Gasteiger partial charge < -0.3 is 5.32 Å². The topological polar surface area (TPSA) is 29.9 Å². The van der Waals surface area contributed by atoms with Crippen molar-refractivity contribution in [2.75, 3.05) is 13.1 Å². The molecule has 1 aromatic rings. The van der Waals surface area contributed by atoms with Crippen molar-refractivity contribution in [2.45, 2.75) is 44.9 Å². The largest absolute Gasteiger partial charge is 0.317 e. The van der Waals surface area contributed by atoms with Crippen LogP contribution in [0.25, 0.3) is 0 Å². The molecule has 0 saturated heterocycles. The van der Waals surface area contributed by atoms with Gasteiger partial charge in [0.05, 0.1) is 16.4 Å². The number of halogens is 1. The third-order valence-corrected chi connectivity index (χ3v) is 4.72. The molecule has 1 fully saturated rings. The summed E-state index contributed by atoms with van der Waals surface area (Å²) in [7, 11) is 2.06. The molecule has 102 valence electrons. The molecule has 2 atom stereocenters. The summed E-state index contributed by atoms with van der Waals surface area (Å²) < 4.78 is 3.23. The van der Waals surface area contributed by atoms with E-state index in [-0.39, 0.29) is 0 Å². The maximum Gasteiger partial charge on any atom is 0.0635 e. The summed E-state index contributed by atoms with van der Waals surface area (Å²) >= 11 is 3.67. The average molecular weight is 314 g/mol. The predicted octanol–water partition coefficient (Wildman–Crippen LogP) is 3.46. The second-order valence-electron chi connectivity index (χ2n) is 5.31. The van der Waals surface area contributed by atoms with E-state index in [1.807, 2.05) is 6.20 Å². The van der Waals surface area contributed by atoms with Crippen LogP contribution in [0.5, 0.6) is 0 Å². The van der Waals surface area contributed by atoms with E-state index in [1.165, 1.54) is 42.3 Å². The Labute approximate surface area is 118 Å². The Bertz CT molecular complexity index is 356. The van der Waals surface area contributed by atoms with Crippen LogP contribution < -0.4 is 5.32 Å². The third kappa shape index (κ3) is 3.15. The number of nitrogens with zero attached hydrogens (tertiary/aromatic N) is 2. The quantitative estimate of drug-likeness (QED) is 0.863. The second kappa shape index (κ2) is 6.71. The minimum atomic E-state index is 0.647. The molecule has 0 amide bonds. The van der Waals surface area contributed by atoms with Crippen molar-refractivity contribution in [2.24, 2.45) is 13.0 Å². The highest BCUT2D eigenvalue weighted by atomic mass is 79.9. The summed E-state index contributed by atoms with van der Waals surface area (Å²) in [6.07, 6.45) is 8.69. The van der Waals surface area contributed by atoms with Gasteiger partial charge in [-0.05, 0) is 47.8 Å². The van der Waals surface area contributed by atoms with Gasteiger partial charge >= 0.3 is 0 Å². The van der Waals surface area contributed by atoms with Crippen LogP contribution in [-0.4, -0.2) is 22.9 Å². The average Bonchev–Trinajstić information content (AvgIpc) is 2.57. The fourth-order valence-corrected chi connectivity index (χ4v) is 3.80. The molecule has 1 N–H and O–H groups in total. The lowest BCUT2D eigenvalue weighted by Crippen LogP contribution is -2.27. The number of rotatable bonds is 4. The molecule has 1 aliphatic carbocycles. The van der Waals surface area contributed by atoms with Crippen LogP contribution in [0.1, 0.15) is 50.6 Å². The smallest absolute Gasteiger partial charge is 0.0635 e. The predicted molar refractivity (Wildman–Crippen MR) is 78.8 cm³/mol. The Hall–Kier alpha value is -0.350. The van der Waals surface area contributed by atoms with E-state index < -0.39 is 0 Å². The van der Waals surface area contributed by atoms with Crippen LogP contribution >= 0.6 is 15.9 Å². The maximum absolute atomic E-state index is 4.39. The van der Waals surface area contributed by atoms with Gasteiger partial charge in [-0.3, -0.25) is 4.68 Å². The number of nitrogens with one attached hydrogen (secondary N) is 1. The van der Waals surface area contributed by atoms with Crippen molar-refractivity contribution in [3.8, 4) is 0 Å². The highest BCUT2D eigenvalue weighted by Gasteiger charge is 2.28. The number of hydrogen-bond acceptors (Lipinski definition) is 2. The molecule has 2 unspecified atom stereocenters. The van der Waals surface area contributed by atoms with Crippen molar-refractivity contribution in [3.05, 3.63) is 16.4 Å². The zero-order valence-electron chi connectivity index (χ0n) is 11.5. The van der Waals surface area contributed by atoms with Crippen molar-refractivity contribution < 1.29 is 0 Å². The van der Waals surface area contributed by atoms with Crippen molar-refractivity contribution in [1.82, 2.24) is 15.1 Å². The zero-order chi connectivity index (χ0) is 13.0. The Balaban J connectivity index is 2.19. The molecule has 0 radical (unpaired) electrons. The van der Waals surface area contributed by atoms with Crippen LogP contribution in [0.15, 0.2) is 10.7 Å². The van der Waals surface area contributed by atoms with E-state index in [0.29, 0.717) is 5.92 Å². The third-order valence-electron chi connectivity index (χ3n) is 4.10. The molecule has 1 heterocycles. The van der Waals surface area contributed by atoms with Gasteiger partial charge in [-0.1, -0.05) is 26.2 Å². The van der Waals surface area contributed by atoms with Crippen molar-refractivity contribution >= 4 is 15.9 Å². The summed E-state index contributed by atoms with van der Waals surface area (Å²) in [5, 5.41) is 7.92. The van der Waals surface area contributed by atoms with Gasteiger partial charge in [-0.25, -0.2) is 0 Å². The first-order valence-electron chi connectivity index (χ1n) is 7.12. The van der Waals surface area contributed by atoms with E-state index in [2.05, 4.69) is 45.0 Å². The number of hydrogen-bond donors (Lipinski definition) is 1. The minimum absolute atomic E-state index is 0.647. The van der Waals surface area contributed by atoms with Crippen LogP contribution in [0, 0.1) is 5.92 Å². The van der Waals surface area contributed by atoms with Gasteiger partial charge in [0.15, 0.2) is 0 Å². The molecular formula is C14H24BrN3. The molecule has 2 rings (SSSR count). The Kier molecular flexibility index (Phi) is 5.25. The van der Waals surface area contributed by atoms with E-state index in [0.717, 1.165) is 19.0 Å². The second-order valence-corrected chi connectivity index (χ2v) is 6.17. The molecule has 1 aliphatic rings. The molecule has 0 bridgehead atoms. The van der Waals surface area contributed by atoms with Gasteiger partial charge in [0.25, 0.3) is 0 Å². The molecular weight excluding hydrogens is 290 g/mol. The van der Waals surface area contributed by atoms with Gasteiger partial charge in [0, 0.05) is 13.0 Å².